The van der Waals surface area contributed by atoms with Crippen LogP contribution in [0.2, 0.25) is 0 Å². The highest BCUT2D eigenvalue weighted by Crippen LogP contribution is 2.30. The average molecular weight is 389 g/mol. The summed E-state index contributed by atoms with van der Waals surface area (Å²) >= 11 is 0.947. The first kappa shape index (κ1) is 20.2. The molecular weight excluding hydrogens is 367 g/mol. The second-order valence-electron chi connectivity index (χ2n) is 5.70. The van der Waals surface area contributed by atoms with Crippen molar-refractivity contribution in [3.05, 3.63) is 40.2 Å². The SMILES string of the molecule is CCNC(=NCc1nc(C(F)(F)F)cs1)NCC(c1ccco1)N(C)C. The summed E-state index contributed by atoms with van der Waals surface area (Å²) in [6, 6.07) is 3.71. The number of hydrogen-bond donors (Lipinski definition) is 2. The highest BCUT2D eigenvalue weighted by atomic mass is 32.1. The summed E-state index contributed by atoms with van der Waals surface area (Å²) in [5, 5.41) is 7.58. The largest absolute Gasteiger partial charge is 0.468 e. The number of likely N-dealkylation sites (N-methyl/N-ethyl adjacent to an activating group) is 1. The van der Waals surface area contributed by atoms with Gasteiger partial charge in [0.1, 0.15) is 10.8 Å². The second kappa shape index (κ2) is 9.04. The zero-order valence-corrected chi connectivity index (χ0v) is 15.6. The number of alkyl halides is 3. The number of furan rings is 1. The van der Waals surface area contributed by atoms with Crippen LogP contribution in [0.1, 0.15) is 29.4 Å². The number of halogens is 3. The lowest BCUT2D eigenvalue weighted by Crippen LogP contribution is -2.41. The van der Waals surface area contributed by atoms with Crippen molar-refractivity contribution < 1.29 is 17.6 Å². The normalized spacial score (nSPS) is 13.9. The number of thiazole rings is 1. The van der Waals surface area contributed by atoms with E-state index in [1.807, 2.05) is 38.1 Å². The molecule has 1 unspecified atom stereocenters. The van der Waals surface area contributed by atoms with E-state index in [-0.39, 0.29) is 12.6 Å². The van der Waals surface area contributed by atoms with E-state index in [0.29, 0.717) is 24.1 Å². The minimum absolute atomic E-state index is 0.00875. The van der Waals surface area contributed by atoms with Gasteiger partial charge in [-0.15, -0.1) is 11.3 Å². The van der Waals surface area contributed by atoms with E-state index in [9.17, 15) is 13.2 Å². The highest BCUT2D eigenvalue weighted by Gasteiger charge is 2.33. The van der Waals surface area contributed by atoms with Crippen molar-refractivity contribution in [2.75, 3.05) is 27.2 Å². The van der Waals surface area contributed by atoms with Gasteiger partial charge in [-0.05, 0) is 33.2 Å². The molecule has 10 heteroatoms. The van der Waals surface area contributed by atoms with E-state index in [2.05, 4.69) is 20.6 Å². The summed E-state index contributed by atoms with van der Waals surface area (Å²) in [4.78, 5) is 9.91. The van der Waals surface area contributed by atoms with Gasteiger partial charge in [0, 0.05) is 18.5 Å². The van der Waals surface area contributed by atoms with Crippen molar-refractivity contribution in [3.8, 4) is 0 Å². The van der Waals surface area contributed by atoms with Crippen molar-refractivity contribution in [3.63, 3.8) is 0 Å². The van der Waals surface area contributed by atoms with Gasteiger partial charge in [0.05, 0.1) is 18.8 Å². The molecule has 0 bridgehead atoms. The van der Waals surface area contributed by atoms with Crippen LogP contribution < -0.4 is 10.6 Å². The topological polar surface area (TPSA) is 65.7 Å². The van der Waals surface area contributed by atoms with E-state index >= 15 is 0 Å². The molecule has 1 atom stereocenters. The van der Waals surface area contributed by atoms with Crippen LogP contribution in [0, 0.1) is 0 Å². The Kier molecular flexibility index (Phi) is 7.04. The van der Waals surface area contributed by atoms with Crippen LogP contribution in [0.4, 0.5) is 13.2 Å². The molecule has 2 heterocycles. The molecule has 0 amide bonds. The number of nitrogens with zero attached hydrogens (tertiary/aromatic N) is 3. The molecule has 0 aliphatic rings. The van der Waals surface area contributed by atoms with Crippen molar-refractivity contribution >= 4 is 17.3 Å². The van der Waals surface area contributed by atoms with Gasteiger partial charge in [-0.3, -0.25) is 4.90 Å². The molecule has 6 nitrogen and oxygen atoms in total. The number of guanidine groups is 1. The summed E-state index contributed by atoms with van der Waals surface area (Å²) < 4.78 is 43.3. The minimum Gasteiger partial charge on any atom is -0.468 e. The molecule has 0 fully saturated rings. The third kappa shape index (κ3) is 5.73. The van der Waals surface area contributed by atoms with E-state index in [1.54, 1.807) is 6.26 Å². The van der Waals surface area contributed by atoms with Gasteiger partial charge in [0.2, 0.25) is 0 Å². The third-order valence-electron chi connectivity index (χ3n) is 3.52. The maximum absolute atomic E-state index is 12.6. The zero-order chi connectivity index (χ0) is 19.2. The first-order valence-electron chi connectivity index (χ1n) is 8.04. The van der Waals surface area contributed by atoms with Gasteiger partial charge in [-0.25, -0.2) is 9.98 Å². The van der Waals surface area contributed by atoms with E-state index in [1.165, 1.54) is 0 Å². The number of aliphatic imine (C=N–C) groups is 1. The molecule has 0 saturated heterocycles. The van der Waals surface area contributed by atoms with Gasteiger partial charge >= 0.3 is 6.18 Å². The van der Waals surface area contributed by atoms with Crippen LogP contribution in [0.25, 0.3) is 0 Å². The van der Waals surface area contributed by atoms with Gasteiger partial charge in [0.15, 0.2) is 11.7 Å². The molecule has 26 heavy (non-hydrogen) atoms. The van der Waals surface area contributed by atoms with Crippen molar-refractivity contribution in [2.45, 2.75) is 25.7 Å². The zero-order valence-electron chi connectivity index (χ0n) is 14.8. The Bertz CT molecular complexity index is 697. The lowest BCUT2D eigenvalue weighted by atomic mass is 10.2. The Morgan fingerprint density at radius 1 is 1.38 bits per heavy atom. The summed E-state index contributed by atoms with van der Waals surface area (Å²) in [7, 11) is 3.88. The fourth-order valence-corrected chi connectivity index (χ4v) is 2.94. The summed E-state index contributed by atoms with van der Waals surface area (Å²) in [5.74, 6) is 1.32. The Hall–Kier alpha value is -2.07. The van der Waals surface area contributed by atoms with Gasteiger partial charge in [-0.2, -0.15) is 13.2 Å². The molecule has 2 N–H and O–H groups in total. The Morgan fingerprint density at radius 2 is 2.15 bits per heavy atom. The molecule has 0 saturated carbocycles. The smallest absolute Gasteiger partial charge is 0.434 e. The molecule has 0 aliphatic carbocycles. The first-order chi connectivity index (χ1) is 12.3. The van der Waals surface area contributed by atoms with E-state index in [0.717, 1.165) is 22.5 Å². The van der Waals surface area contributed by atoms with Gasteiger partial charge in [-0.1, -0.05) is 0 Å². The molecular formula is C16H22F3N5OS. The van der Waals surface area contributed by atoms with Crippen LogP contribution in [0.15, 0.2) is 33.2 Å². The maximum atomic E-state index is 12.6. The van der Waals surface area contributed by atoms with Crippen molar-refractivity contribution in [1.82, 2.24) is 20.5 Å². The fraction of sp³-hybridized carbons (Fsp3) is 0.500. The molecule has 0 aliphatic heterocycles. The molecule has 2 aromatic rings. The van der Waals surface area contributed by atoms with Crippen molar-refractivity contribution in [1.29, 1.82) is 0 Å². The monoisotopic (exact) mass is 389 g/mol. The summed E-state index contributed by atoms with van der Waals surface area (Å²) in [6.45, 7) is 3.14. The summed E-state index contributed by atoms with van der Waals surface area (Å²) in [6.07, 6.45) is -2.81. The predicted molar refractivity (Wildman–Crippen MR) is 95.1 cm³/mol. The lowest BCUT2D eigenvalue weighted by molar-refractivity contribution is -0.140. The predicted octanol–water partition coefficient (Wildman–Crippen LogP) is 3.11. The molecule has 0 radical (unpaired) electrons. The number of hydrogen-bond acceptors (Lipinski definition) is 5. The van der Waals surface area contributed by atoms with Crippen LogP contribution in [0.5, 0.6) is 0 Å². The third-order valence-corrected chi connectivity index (χ3v) is 4.35. The van der Waals surface area contributed by atoms with E-state index in [4.69, 9.17) is 4.42 Å². The van der Waals surface area contributed by atoms with E-state index < -0.39 is 11.9 Å². The molecule has 144 valence electrons. The summed E-state index contributed by atoms with van der Waals surface area (Å²) in [5.41, 5.74) is -0.879. The number of aromatic nitrogens is 1. The molecule has 2 aromatic heterocycles. The number of nitrogens with one attached hydrogen (secondary N) is 2. The van der Waals surface area contributed by atoms with Crippen LogP contribution in [0.3, 0.4) is 0 Å². The standard InChI is InChI=1S/C16H22F3N5OS/c1-4-20-15(21-8-11(24(2)3)12-6-5-7-25-12)22-9-14-23-13(10-26-14)16(17,18)19/h5-7,10-11H,4,8-9H2,1-3H3,(H2,20,21,22). The van der Waals surface area contributed by atoms with Crippen LogP contribution in [-0.4, -0.2) is 43.0 Å². The van der Waals surface area contributed by atoms with Crippen LogP contribution >= 0.6 is 11.3 Å². The molecule has 0 aromatic carbocycles. The Balaban J connectivity index is 2.01. The first-order valence-corrected chi connectivity index (χ1v) is 8.92. The van der Waals surface area contributed by atoms with Crippen molar-refractivity contribution in [2.24, 2.45) is 4.99 Å². The van der Waals surface area contributed by atoms with Gasteiger partial charge in [0.25, 0.3) is 0 Å². The quantitative estimate of drug-likeness (QED) is 0.563. The fourth-order valence-electron chi connectivity index (χ4n) is 2.21. The highest BCUT2D eigenvalue weighted by molar-refractivity contribution is 7.09. The average Bonchev–Trinajstić information content (AvgIpc) is 3.23. The molecule has 2 rings (SSSR count). The second-order valence-corrected chi connectivity index (χ2v) is 6.64. The van der Waals surface area contributed by atoms with Crippen LogP contribution in [-0.2, 0) is 12.7 Å². The van der Waals surface area contributed by atoms with Gasteiger partial charge < -0.3 is 15.1 Å². The minimum atomic E-state index is -4.43. The molecule has 0 spiro atoms. The maximum Gasteiger partial charge on any atom is 0.434 e. The Morgan fingerprint density at radius 3 is 2.69 bits per heavy atom. The number of rotatable bonds is 7. The lowest BCUT2D eigenvalue weighted by Gasteiger charge is -2.23. The Labute approximate surface area is 154 Å².